The van der Waals surface area contributed by atoms with Crippen LogP contribution in [0.15, 0.2) is 53.1 Å². The van der Waals surface area contributed by atoms with Crippen LogP contribution in [-0.4, -0.2) is 17.4 Å². The highest BCUT2D eigenvalue weighted by Gasteiger charge is 2.22. The van der Waals surface area contributed by atoms with Gasteiger partial charge in [-0.15, -0.1) is 0 Å². The van der Waals surface area contributed by atoms with Crippen LogP contribution >= 0.6 is 0 Å². The summed E-state index contributed by atoms with van der Waals surface area (Å²) in [6.45, 7) is 8.09. The molecule has 26 heavy (non-hydrogen) atoms. The second-order valence-corrected chi connectivity index (χ2v) is 8.23. The molecule has 3 aromatic rings. The Kier molecular flexibility index (Phi) is 4.10. The Hall–Kier alpha value is -2.55. The Morgan fingerprint density at radius 2 is 1.88 bits per heavy atom. The number of hydrogen-bond donors (Lipinski definition) is 0. The topological polar surface area (TPSA) is 33.5 Å². The van der Waals surface area contributed by atoms with E-state index in [4.69, 9.17) is 4.42 Å². The molecular weight excluding hydrogens is 322 g/mol. The normalized spacial score (nSPS) is 14.5. The van der Waals surface area contributed by atoms with Crippen molar-refractivity contribution < 1.29 is 9.21 Å². The van der Waals surface area contributed by atoms with Crippen molar-refractivity contribution in [2.24, 2.45) is 0 Å². The van der Waals surface area contributed by atoms with E-state index in [0.717, 1.165) is 29.5 Å². The monoisotopic (exact) mass is 347 g/mol. The summed E-state index contributed by atoms with van der Waals surface area (Å²) in [5.74, 6) is 0.170. The summed E-state index contributed by atoms with van der Waals surface area (Å²) in [7, 11) is 0. The molecule has 0 unspecified atom stereocenters. The molecule has 0 fully saturated rings. The summed E-state index contributed by atoms with van der Waals surface area (Å²) in [4.78, 5) is 14.9. The van der Waals surface area contributed by atoms with E-state index >= 15 is 0 Å². The van der Waals surface area contributed by atoms with E-state index in [1.54, 1.807) is 6.26 Å². The van der Waals surface area contributed by atoms with Gasteiger partial charge in [0.05, 0.1) is 12.7 Å². The van der Waals surface area contributed by atoms with Crippen LogP contribution in [0.1, 0.15) is 43.0 Å². The molecule has 3 nitrogen and oxygen atoms in total. The average Bonchev–Trinajstić information content (AvgIpc) is 3.02. The van der Waals surface area contributed by atoms with Gasteiger partial charge >= 0.3 is 0 Å². The summed E-state index contributed by atoms with van der Waals surface area (Å²) < 4.78 is 5.69. The Balaban J connectivity index is 1.57. The smallest absolute Gasteiger partial charge is 0.227 e. The Morgan fingerprint density at radius 1 is 1.12 bits per heavy atom. The Bertz CT molecular complexity index is 962. The van der Waals surface area contributed by atoms with Crippen LogP contribution in [0.5, 0.6) is 0 Å². The third kappa shape index (κ3) is 3.14. The van der Waals surface area contributed by atoms with Gasteiger partial charge in [0.15, 0.2) is 0 Å². The molecule has 1 aliphatic rings. The van der Waals surface area contributed by atoms with Crippen LogP contribution in [0.25, 0.3) is 11.0 Å². The van der Waals surface area contributed by atoms with Gasteiger partial charge in [0.25, 0.3) is 0 Å². The van der Waals surface area contributed by atoms with Crippen molar-refractivity contribution in [3.8, 4) is 0 Å². The number of benzene rings is 2. The average molecular weight is 347 g/mol. The fourth-order valence-corrected chi connectivity index (χ4v) is 3.67. The molecule has 0 atom stereocenters. The van der Waals surface area contributed by atoms with Crippen molar-refractivity contribution in [2.45, 2.75) is 45.6 Å². The lowest BCUT2D eigenvalue weighted by atomic mass is 9.86. The molecule has 1 aromatic heterocycles. The second-order valence-electron chi connectivity index (χ2n) is 8.23. The van der Waals surface area contributed by atoms with E-state index in [1.165, 1.54) is 16.7 Å². The predicted molar refractivity (Wildman–Crippen MR) is 104 cm³/mol. The van der Waals surface area contributed by atoms with Gasteiger partial charge in [-0.05, 0) is 40.7 Å². The van der Waals surface area contributed by atoms with Gasteiger partial charge < -0.3 is 9.32 Å². The number of furan rings is 1. The number of rotatable bonds is 2. The molecule has 1 aliphatic heterocycles. The van der Waals surface area contributed by atoms with Crippen LogP contribution in [-0.2, 0) is 29.6 Å². The summed E-state index contributed by atoms with van der Waals surface area (Å²) >= 11 is 0. The van der Waals surface area contributed by atoms with Crippen molar-refractivity contribution in [1.29, 1.82) is 0 Å². The van der Waals surface area contributed by atoms with Gasteiger partial charge in [0.2, 0.25) is 5.91 Å². The molecule has 0 saturated carbocycles. The first kappa shape index (κ1) is 16.9. The largest absolute Gasteiger partial charge is 0.464 e. The summed E-state index contributed by atoms with van der Waals surface area (Å²) in [6.07, 6.45) is 3.07. The molecule has 0 radical (unpaired) electrons. The Morgan fingerprint density at radius 3 is 2.65 bits per heavy atom. The predicted octanol–water partition coefficient (Wildman–Crippen LogP) is 4.86. The zero-order valence-corrected chi connectivity index (χ0v) is 15.7. The number of carbonyl (C=O) groups excluding carboxylic acids is 1. The molecule has 4 rings (SSSR count). The van der Waals surface area contributed by atoms with Crippen LogP contribution in [0.2, 0.25) is 0 Å². The standard InChI is InChI=1S/C23H25NO2/c1-23(2,3)19-8-9-21-20(13-19)18(15-26-21)12-22(25)24-11-10-16-6-4-5-7-17(16)14-24/h4-9,13,15H,10-12,14H2,1-3H3. The lowest BCUT2D eigenvalue weighted by Gasteiger charge is -2.28. The highest BCUT2D eigenvalue weighted by Crippen LogP contribution is 2.29. The second kappa shape index (κ2) is 6.31. The van der Waals surface area contributed by atoms with Gasteiger partial charge in [-0.1, -0.05) is 51.1 Å². The SMILES string of the molecule is CC(C)(C)c1ccc2occ(CC(=O)N3CCc4ccccc4C3)c2c1. The first-order chi connectivity index (χ1) is 12.4. The van der Waals surface area contributed by atoms with Crippen molar-refractivity contribution >= 4 is 16.9 Å². The number of hydrogen-bond acceptors (Lipinski definition) is 2. The molecule has 1 amide bonds. The molecule has 0 bridgehead atoms. The maximum Gasteiger partial charge on any atom is 0.227 e. The van der Waals surface area contributed by atoms with Crippen molar-refractivity contribution in [1.82, 2.24) is 4.90 Å². The van der Waals surface area contributed by atoms with Gasteiger partial charge in [0.1, 0.15) is 5.58 Å². The number of nitrogens with zero attached hydrogens (tertiary/aromatic N) is 1. The zero-order chi connectivity index (χ0) is 18.3. The van der Waals surface area contributed by atoms with E-state index in [9.17, 15) is 4.79 Å². The van der Waals surface area contributed by atoms with E-state index in [2.05, 4.69) is 51.1 Å². The van der Waals surface area contributed by atoms with Gasteiger partial charge in [0, 0.05) is 24.0 Å². The third-order valence-corrected chi connectivity index (χ3v) is 5.34. The third-order valence-electron chi connectivity index (χ3n) is 5.34. The highest BCUT2D eigenvalue weighted by molar-refractivity contribution is 5.88. The molecule has 0 saturated heterocycles. The van der Waals surface area contributed by atoms with Gasteiger partial charge in [-0.3, -0.25) is 4.79 Å². The minimum atomic E-state index is 0.0727. The van der Waals surface area contributed by atoms with E-state index in [-0.39, 0.29) is 11.3 Å². The lowest BCUT2D eigenvalue weighted by Crippen LogP contribution is -2.36. The quantitative estimate of drug-likeness (QED) is 0.663. The van der Waals surface area contributed by atoms with Crippen molar-refractivity contribution in [3.63, 3.8) is 0 Å². The minimum absolute atomic E-state index is 0.0727. The Labute approximate surface area is 154 Å². The van der Waals surface area contributed by atoms with Crippen LogP contribution < -0.4 is 0 Å². The van der Waals surface area contributed by atoms with Crippen molar-refractivity contribution in [3.05, 3.63) is 71.0 Å². The molecule has 2 aromatic carbocycles. The summed E-state index contributed by atoms with van der Waals surface area (Å²) in [6, 6.07) is 14.7. The maximum absolute atomic E-state index is 12.9. The van der Waals surface area contributed by atoms with E-state index < -0.39 is 0 Å². The first-order valence-corrected chi connectivity index (χ1v) is 9.27. The molecule has 2 heterocycles. The molecule has 0 spiro atoms. The molecule has 0 N–H and O–H groups in total. The minimum Gasteiger partial charge on any atom is -0.464 e. The number of carbonyl (C=O) groups is 1. The maximum atomic E-state index is 12.9. The van der Waals surface area contributed by atoms with Gasteiger partial charge in [-0.2, -0.15) is 0 Å². The van der Waals surface area contributed by atoms with Gasteiger partial charge in [-0.25, -0.2) is 0 Å². The van der Waals surface area contributed by atoms with Crippen LogP contribution in [0.3, 0.4) is 0 Å². The fourth-order valence-electron chi connectivity index (χ4n) is 3.67. The summed E-state index contributed by atoms with van der Waals surface area (Å²) in [5, 5.41) is 1.06. The highest BCUT2D eigenvalue weighted by atomic mass is 16.3. The number of amides is 1. The van der Waals surface area contributed by atoms with E-state index in [0.29, 0.717) is 13.0 Å². The molecule has 3 heteroatoms. The number of fused-ring (bicyclic) bond motifs is 2. The first-order valence-electron chi connectivity index (χ1n) is 9.27. The molecule has 0 aliphatic carbocycles. The van der Waals surface area contributed by atoms with Crippen LogP contribution in [0.4, 0.5) is 0 Å². The lowest BCUT2D eigenvalue weighted by molar-refractivity contribution is -0.131. The van der Waals surface area contributed by atoms with Crippen molar-refractivity contribution in [2.75, 3.05) is 6.54 Å². The van der Waals surface area contributed by atoms with E-state index in [1.807, 2.05) is 17.0 Å². The molecule has 134 valence electrons. The summed E-state index contributed by atoms with van der Waals surface area (Å²) in [5.41, 5.74) is 5.79. The molecular formula is C23H25NO2. The zero-order valence-electron chi connectivity index (χ0n) is 15.7. The fraction of sp³-hybridized carbons (Fsp3) is 0.348. The van der Waals surface area contributed by atoms with Crippen LogP contribution in [0, 0.1) is 0 Å².